The molecule has 27 heavy (non-hydrogen) atoms. The zero-order valence-electron chi connectivity index (χ0n) is 14.1. The highest BCUT2D eigenvalue weighted by Gasteiger charge is 2.11. The first kappa shape index (κ1) is 19.1. The van der Waals surface area contributed by atoms with Crippen LogP contribution in [0.15, 0.2) is 83.3 Å². The number of ether oxygens (including phenoxy) is 1. The Balaban J connectivity index is 1.72. The average molecular weight is 442 g/mol. The summed E-state index contributed by atoms with van der Waals surface area (Å²) in [5.41, 5.74) is 1.73. The minimum absolute atomic E-state index is 0.137. The number of hydrogen-bond acceptors (Lipinski definition) is 3. The van der Waals surface area contributed by atoms with Crippen LogP contribution in [0.3, 0.4) is 0 Å². The molecule has 0 bridgehead atoms. The molecule has 0 radical (unpaired) electrons. The third-order valence-corrected chi connectivity index (χ3v) is 4.66. The van der Waals surface area contributed by atoms with E-state index in [1.54, 1.807) is 66.7 Å². The lowest BCUT2D eigenvalue weighted by Crippen LogP contribution is -2.09. The molecule has 3 aromatic rings. The van der Waals surface area contributed by atoms with E-state index in [4.69, 9.17) is 16.3 Å². The fourth-order valence-corrected chi connectivity index (χ4v) is 2.93. The number of ketones is 1. The smallest absolute Gasteiger partial charge is 0.344 e. The lowest BCUT2D eigenvalue weighted by molar-refractivity contribution is 0.0733. The summed E-state index contributed by atoms with van der Waals surface area (Å²) >= 11 is 9.16. The summed E-state index contributed by atoms with van der Waals surface area (Å²) in [5.74, 6) is -0.194. The quantitative estimate of drug-likeness (QED) is 0.204. The van der Waals surface area contributed by atoms with Crippen LogP contribution >= 0.6 is 27.5 Å². The van der Waals surface area contributed by atoms with E-state index in [1.807, 2.05) is 12.1 Å². The number of benzene rings is 3. The molecule has 0 heterocycles. The fraction of sp³-hybridized carbons (Fsp3) is 0. The molecule has 0 saturated carbocycles. The van der Waals surface area contributed by atoms with Gasteiger partial charge in [-0.2, -0.15) is 0 Å². The van der Waals surface area contributed by atoms with Crippen LogP contribution in [0, 0.1) is 0 Å². The van der Waals surface area contributed by atoms with Crippen LogP contribution in [0.1, 0.15) is 26.3 Å². The number of halogens is 2. The van der Waals surface area contributed by atoms with E-state index in [-0.39, 0.29) is 5.78 Å². The molecule has 0 amide bonds. The Labute approximate surface area is 170 Å². The van der Waals surface area contributed by atoms with Gasteiger partial charge in [0.05, 0.1) is 5.56 Å². The van der Waals surface area contributed by atoms with Gasteiger partial charge in [0.2, 0.25) is 0 Å². The standard InChI is InChI=1S/C22H14BrClO3/c23-20-7-2-1-6-19(20)22(26)27-18-5-3-4-15(14-18)8-13-21(25)16-9-11-17(24)12-10-16/h1-14H/b13-8+. The van der Waals surface area contributed by atoms with Crippen LogP contribution in [-0.2, 0) is 0 Å². The van der Waals surface area contributed by atoms with Crippen LogP contribution < -0.4 is 4.74 Å². The molecular formula is C22H14BrClO3. The van der Waals surface area contributed by atoms with Gasteiger partial charge < -0.3 is 4.74 Å². The van der Waals surface area contributed by atoms with Crippen molar-refractivity contribution in [3.05, 3.63) is 105 Å². The third-order valence-electron chi connectivity index (χ3n) is 3.72. The Morgan fingerprint density at radius 3 is 2.41 bits per heavy atom. The topological polar surface area (TPSA) is 43.4 Å². The van der Waals surface area contributed by atoms with Crippen LogP contribution in [0.2, 0.25) is 5.02 Å². The molecule has 0 saturated heterocycles. The highest BCUT2D eigenvalue weighted by atomic mass is 79.9. The largest absolute Gasteiger partial charge is 0.423 e. The third kappa shape index (κ3) is 5.16. The highest BCUT2D eigenvalue weighted by Crippen LogP contribution is 2.20. The molecule has 5 heteroatoms. The van der Waals surface area contributed by atoms with Gasteiger partial charge in [0.15, 0.2) is 5.78 Å². The van der Waals surface area contributed by atoms with Crippen molar-refractivity contribution in [1.82, 2.24) is 0 Å². The predicted molar refractivity (Wildman–Crippen MR) is 110 cm³/mol. The first-order chi connectivity index (χ1) is 13.0. The van der Waals surface area contributed by atoms with E-state index < -0.39 is 5.97 Å². The molecule has 3 aromatic carbocycles. The van der Waals surface area contributed by atoms with Gasteiger partial charge in [-0.05, 0) is 76.1 Å². The van der Waals surface area contributed by atoms with Crippen molar-refractivity contribution >= 4 is 45.4 Å². The molecule has 0 unspecified atom stereocenters. The molecule has 134 valence electrons. The monoisotopic (exact) mass is 440 g/mol. The minimum Gasteiger partial charge on any atom is -0.423 e. The van der Waals surface area contributed by atoms with Crippen molar-refractivity contribution in [3.8, 4) is 5.75 Å². The van der Waals surface area contributed by atoms with Crippen LogP contribution in [0.5, 0.6) is 5.75 Å². The van der Waals surface area contributed by atoms with Gasteiger partial charge in [-0.1, -0.05) is 41.9 Å². The molecule has 0 N–H and O–H groups in total. The number of allylic oxidation sites excluding steroid dienone is 1. The Morgan fingerprint density at radius 2 is 1.67 bits per heavy atom. The van der Waals surface area contributed by atoms with Crippen molar-refractivity contribution in [2.24, 2.45) is 0 Å². The summed E-state index contributed by atoms with van der Waals surface area (Å²) in [7, 11) is 0. The Bertz CT molecular complexity index is 1010. The molecule has 0 atom stereocenters. The predicted octanol–water partition coefficient (Wildman–Crippen LogP) is 6.22. The van der Waals surface area contributed by atoms with Gasteiger partial charge in [0.1, 0.15) is 5.75 Å². The van der Waals surface area contributed by atoms with Crippen LogP contribution in [0.4, 0.5) is 0 Å². The maximum atomic E-state index is 12.3. The molecular weight excluding hydrogens is 428 g/mol. The van der Waals surface area contributed by atoms with E-state index in [2.05, 4.69) is 15.9 Å². The SMILES string of the molecule is O=C(/C=C/c1cccc(OC(=O)c2ccccc2Br)c1)c1ccc(Cl)cc1. The zero-order chi connectivity index (χ0) is 19.2. The molecule has 0 fully saturated rings. The maximum Gasteiger partial charge on any atom is 0.344 e. The van der Waals surface area contributed by atoms with Gasteiger partial charge in [0, 0.05) is 15.1 Å². The number of esters is 1. The normalized spacial score (nSPS) is 10.7. The van der Waals surface area contributed by atoms with Gasteiger partial charge >= 0.3 is 5.97 Å². The summed E-state index contributed by atoms with van der Waals surface area (Å²) in [6.45, 7) is 0. The van der Waals surface area contributed by atoms with Crippen molar-refractivity contribution in [3.63, 3.8) is 0 Å². The van der Waals surface area contributed by atoms with E-state index in [0.29, 0.717) is 26.4 Å². The van der Waals surface area contributed by atoms with Crippen molar-refractivity contribution in [2.75, 3.05) is 0 Å². The molecule has 0 aliphatic rings. The van der Waals surface area contributed by atoms with E-state index in [9.17, 15) is 9.59 Å². The second-order valence-electron chi connectivity index (χ2n) is 5.65. The summed E-state index contributed by atoms with van der Waals surface area (Å²) in [6.07, 6.45) is 3.14. The van der Waals surface area contributed by atoms with E-state index >= 15 is 0 Å². The Kier molecular flexibility index (Phi) is 6.22. The average Bonchev–Trinajstić information content (AvgIpc) is 2.67. The van der Waals surface area contributed by atoms with Gasteiger partial charge in [-0.3, -0.25) is 4.79 Å². The molecule has 3 rings (SSSR count). The van der Waals surface area contributed by atoms with Crippen LogP contribution in [0.25, 0.3) is 6.08 Å². The second kappa shape index (κ2) is 8.80. The highest BCUT2D eigenvalue weighted by molar-refractivity contribution is 9.10. The first-order valence-electron chi connectivity index (χ1n) is 8.08. The zero-order valence-corrected chi connectivity index (χ0v) is 16.4. The lowest BCUT2D eigenvalue weighted by atomic mass is 10.1. The number of rotatable bonds is 5. The van der Waals surface area contributed by atoms with Gasteiger partial charge in [-0.15, -0.1) is 0 Å². The lowest BCUT2D eigenvalue weighted by Gasteiger charge is -2.06. The van der Waals surface area contributed by atoms with Gasteiger partial charge in [-0.25, -0.2) is 4.79 Å². The van der Waals surface area contributed by atoms with Crippen LogP contribution in [-0.4, -0.2) is 11.8 Å². The fourth-order valence-electron chi connectivity index (χ4n) is 2.35. The van der Waals surface area contributed by atoms with Crippen molar-refractivity contribution in [2.45, 2.75) is 0 Å². The number of hydrogen-bond donors (Lipinski definition) is 0. The summed E-state index contributed by atoms with van der Waals surface area (Å²) in [6, 6.07) is 20.7. The Morgan fingerprint density at radius 1 is 0.926 bits per heavy atom. The first-order valence-corrected chi connectivity index (χ1v) is 9.25. The minimum atomic E-state index is -0.458. The van der Waals surface area contributed by atoms with Crippen molar-refractivity contribution in [1.29, 1.82) is 0 Å². The summed E-state index contributed by atoms with van der Waals surface area (Å²) in [4.78, 5) is 24.5. The molecule has 0 aliphatic carbocycles. The number of carbonyl (C=O) groups excluding carboxylic acids is 2. The maximum absolute atomic E-state index is 12.3. The Hall–Kier alpha value is -2.69. The molecule has 3 nitrogen and oxygen atoms in total. The number of carbonyl (C=O) groups is 2. The van der Waals surface area contributed by atoms with Crippen molar-refractivity contribution < 1.29 is 14.3 Å². The molecule has 0 spiro atoms. The summed E-state index contributed by atoms with van der Waals surface area (Å²) < 4.78 is 6.09. The van der Waals surface area contributed by atoms with E-state index in [1.165, 1.54) is 6.08 Å². The molecule has 0 aromatic heterocycles. The van der Waals surface area contributed by atoms with Gasteiger partial charge in [0.25, 0.3) is 0 Å². The summed E-state index contributed by atoms with van der Waals surface area (Å²) in [5, 5.41) is 0.579. The van der Waals surface area contributed by atoms with E-state index in [0.717, 1.165) is 5.56 Å². The molecule has 0 aliphatic heterocycles. The second-order valence-corrected chi connectivity index (χ2v) is 6.94.